The number of nitrogen functional groups attached to an aromatic ring is 1. The molecule has 0 atom stereocenters. The van der Waals surface area contributed by atoms with Gasteiger partial charge in [-0.05, 0) is 18.2 Å². The fraction of sp³-hybridized carbons (Fsp3) is 0. The number of fused-ring (bicyclic) bond motifs is 1. The first-order chi connectivity index (χ1) is 8.75. The Labute approximate surface area is 104 Å². The molecule has 0 saturated heterocycles. The Morgan fingerprint density at radius 3 is 2.56 bits per heavy atom. The maximum atomic E-state index is 8.17. The summed E-state index contributed by atoms with van der Waals surface area (Å²) in [5.41, 5.74) is 9.23. The molecule has 3 rings (SSSR count). The molecule has 0 bridgehead atoms. The van der Waals surface area contributed by atoms with Gasteiger partial charge in [-0.25, -0.2) is 4.98 Å². The molecule has 3 aromatic rings. The maximum absolute atomic E-state index is 8.17. The van der Waals surface area contributed by atoms with E-state index in [1.165, 1.54) is 0 Å². The van der Waals surface area contributed by atoms with Crippen LogP contribution in [0.1, 0.15) is 11.4 Å². The highest BCUT2D eigenvalue weighted by Gasteiger charge is 2.11. The summed E-state index contributed by atoms with van der Waals surface area (Å²) in [7, 11) is 0. The summed E-state index contributed by atoms with van der Waals surface area (Å²) in [6.07, 6.45) is 0. The zero-order valence-electron chi connectivity index (χ0n) is 9.64. The van der Waals surface area contributed by atoms with Gasteiger partial charge >= 0.3 is 0 Å². The van der Waals surface area contributed by atoms with Crippen LogP contribution in [0.3, 0.4) is 0 Å². The number of aromatic nitrogens is 2. The van der Waals surface area contributed by atoms with Crippen LogP contribution in [0.4, 0.5) is 5.69 Å². The van der Waals surface area contributed by atoms with E-state index in [9.17, 15) is 0 Å². The Hall–Kier alpha value is -2.62. The van der Waals surface area contributed by atoms with Gasteiger partial charge in [-0.15, -0.1) is 0 Å². The lowest BCUT2D eigenvalue weighted by Gasteiger charge is -2.03. The van der Waals surface area contributed by atoms with Crippen LogP contribution in [0.2, 0.25) is 0 Å². The van der Waals surface area contributed by atoms with Crippen molar-refractivity contribution >= 4 is 22.4 Å². The summed E-state index contributed by atoms with van der Waals surface area (Å²) < 4.78 is 0. The molecule has 2 aromatic carbocycles. The van der Waals surface area contributed by atoms with Gasteiger partial charge in [0.25, 0.3) is 0 Å². The van der Waals surface area contributed by atoms with Crippen molar-refractivity contribution in [3.05, 3.63) is 59.9 Å². The number of nitrogens with zero attached hydrogens (tertiary/aromatic N) is 1. The van der Waals surface area contributed by atoms with E-state index >= 15 is 0 Å². The second-order valence-electron chi connectivity index (χ2n) is 4.06. The lowest BCUT2D eigenvalue weighted by atomic mass is 10.1. The number of anilines is 1. The Balaban J connectivity index is 2.10. The number of hydrogen-bond acceptors (Lipinski definition) is 3. The summed E-state index contributed by atoms with van der Waals surface area (Å²) >= 11 is 0. The Morgan fingerprint density at radius 1 is 1.06 bits per heavy atom. The van der Waals surface area contributed by atoms with Crippen molar-refractivity contribution in [2.75, 3.05) is 5.73 Å². The number of imidazole rings is 1. The van der Waals surface area contributed by atoms with Crippen LogP contribution >= 0.6 is 0 Å². The maximum Gasteiger partial charge on any atom is 0.157 e. The first-order valence-electron chi connectivity index (χ1n) is 5.64. The minimum absolute atomic E-state index is 0.310. The standard InChI is InChI=1S/C14H12N4/c15-10-6-2-1-5-9(10)13(16)14-17-11-7-3-4-8-12(11)18-14/h1-8,16H,15H2,(H,17,18). The molecule has 0 aliphatic rings. The van der Waals surface area contributed by atoms with Crippen molar-refractivity contribution in [3.8, 4) is 0 Å². The van der Waals surface area contributed by atoms with Crippen molar-refractivity contribution in [2.45, 2.75) is 0 Å². The average molecular weight is 236 g/mol. The zero-order valence-corrected chi connectivity index (χ0v) is 9.64. The van der Waals surface area contributed by atoms with E-state index in [1.54, 1.807) is 6.07 Å². The summed E-state index contributed by atoms with van der Waals surface area (Å²) in [4.78, 5) is 7.52. The monoisotopic (exact) mass is 236 g/mol. The minimum atomic E-state index is 0.310. The molecule has 1 aromatic heterocycles. The van der Waals surface area contributed by atoms with Gasteiger partial charge in [0.1, 0.15) is 5.71 Å². The summed E-state index contributed by atoms with van der Waals surface area (Å²) in [6, 6.07) is 15.0. The smallest absolute Gasteiger partial charge is 0.157 e. The van der Waals surface area contributed by atoms with Crippen molar-refractivity contribution in [3.63, 3.8) is 0 Å². The predicted molar refractivity (Wildman–Crippen MR) is 72.9 cm³/mol. The van der Waals surface area contributed by atoms with Gasteiger partial charge < -0.3 is 10.7 Å². The Bertz CT molecular complexity index is 694. The van der Waals surface area contributed by atoms with E-state index in [2.05, 4.69) is 9.97 Å². The van der Waals surface area contributed by atoms with Crippen molar-refractivity contribution in [1.29, 1.82) is 5.41 Å². The van der Waals surface area contributed by atoms with Crippen LogP contribution in [-0.2, 0) is 0 Å². The first-order valence-corrected chi connectivity index (χ1v) is 5.64. The van der Waals surface area contributed by atoms with Crippen LogP contribution in [0.25, 0.3) is 11.0 Å². The highest BCUT2D eigenvalue weighted by Crippen LogP contribution is 2.17. The van der Waals surface area contributed by atoms with E-state index in [-0.39, 0.29) is 0 Å². The molecule has 0 radical (unpaired) electrons. The van der Waals surface area contributed by atoms with E-state index < -0.39 is 0 Å². The minimum Gasteiger partial charge on any atom is -0.398 e. The molecule has 0 amide bonds. The molecular weight excluding hydrogens is 224 g/mol. The van der Waals surface area contributed by atoms with Gasteiger partial charge in [0.2, 0.25) is 0 Å². The van der Waals surface area contributed by atoms with Crippen LogP contribution in [0, 0.1) is 5.41 Å². The highest BCUT2D eigenvalue weighted by molar-refractivity contribution is 6.12. The fourth-order valence-electron chi connectivity index (χ4n) is 1.92. The van der Waals surface area contributed by atoms with Gasteiger partial charge in [0, 0.05) is 11.3 Å². The van der Waals surface area contributed by atoms with Crippen molar-refractivity contribution < 1.29 is 0 Å². The third kappa shape index (κ3) is 1.64. The molecule has 0 unspecified atom stereocenters. The number of hydrogen-bond donors (Lipinski definition) is 3. The summed E-state index contributed by atoms with van der Waals surface area (Å²) in [6.45, 7) is 0. The average Bonchev–Trinajstić information content (AvgIpc) is 2.82. The molecule has 0 aliphatic heterocycles. The van der Waals surface area contributed by atoms with Gasteiger partial charge in [-0.2, -0.15) is 0 Å². The number of nitrogens with two attached hydrogens (primary N) is 1. The molecule has 0 spiro atoms. The molecule has 4 heteroatoms. The Kier molecular flexibility index (Phi) is 2.34. The third-order valence-corrected chi connectivity index (χ3v) is 2.86. The number of H-pyrrole nitrogens is 1. The van der Waals surface area contributed by atoms with Crippen molar-refractivity contribution in [1.82, 2.24) is 9.97 Å². The van der Waals surface area contributed by atoms with E-state index in [0.717, 1.165) is 11.0 Å². The number of para-hydroxylation sites is 3. The van der Waals surface area contributed by atoms with Crippen LogP contribution in [-0.4, -0.2) is 15.7 Å². The van der Waals surface area contributed by atoms with E-state index in [4.69, 9.17) is 11.1 Å². The second-order valence-corrected chi connectivity index (χ2v) is 4.06. The molecular formula is C14H12N4. The van der Waals surface area contributed by atoms with Crippen LogP contribution in [0.5, 0.6) is 0 Å². The van der Waals surface area contributed by atoms with Crippen LogP contribution in [0.15, 0.2) is 48.5 Å². The largest absolute Gasteiger partial charge is 0.398 e. The number of rotatable bonds is 2. The highest BCUT2D eigenvalue weighted by atomic mass is 14.9. The van der Waals surface area contributed by atoms with Gasteiger partial charge in [-0.3, -0.25) is 5.41 Å². The second kappa shape index (κ2) is 4.00. The number of benzene rings is 2. The SMILES string of the molecule is N=C(c1nc2ccccc2[nH]1)c1ccccc1N. The topological polar surface area (TPSA) is 78.5 Å². The zero-order chi connectivity index (χ0) is 12.5. The van der Waals surface area contributed by atoms with Crippen molar-refractivity contribution in [2.24, 2.45) is 0 Å². The summed E-state index contributed by atoms with van der Waals surface area (Å²) in [5.74, 6) is 0.536. The molecule has 0 saturated carbocycles. The molecule has 4 nitrogen and oxygen atoms in total. The van der Waals surface area contributed by atoms with Gasteiger partial charge in [0.05, 0.1) is 11.0 Å². The lowest BCUT2D eigenvalue weighted by molar-refractivity contribution is 1.26. The Morgan fingerprint density at radius 2 is 1.78 bits per heavy atom. The van der Waals surface area contributed by atoms with Gasteiger partial charge in [-0.1, -0.05) is 30.3 Å². The first kappa shape index (κ1) is 10.5. The number of aromatic amines is 1. The predicted octanol–water partition coefficient (Wildman–Crippen LogP) is 2.56. The fourth-order valence-corrected chi connectivity index (χ4v) is 1.92. The van der Waals surface area contributed by atoms with E-state index in [1.807, 2.05) is 42.5 Å². The number of nitrogens with one attached hydrogen (secondary N) is 2. The van der Waals surface area contributed by atoms with Crippen LogP contribution < -0.4 is 5.73 Å². The molecule has 18 heavy (non-hydrogen) atoms. The quantitative estimate of drug-likeness (QED) is 0.472. The third-order valence-electron chi connectivity index (χ3n) is 2.86. The molecule has 0 aliphatic carbocycles. The van der Waals surface area contributed by atoms with Gasteiger partial charge in [0.15, 0.2) is 5.82 Å². The summed E-state index contributed by atoms with van der Waals surface area (Å²) in [5, 5.41) is 8.17. The molecule has 4 N–H and O–H groups in total. The molecule has 88 valence electrons. The molecule has 1 heterocycles. The molecule has 0 fully saturated rings. The normalized spacial score (nSPS) is 10.7. The lowest BCUT2D eigenvalue weighted by Crippen LogP contribution is -2.06. The van der Waals surface area contributed by atoms with E-state index in [0.29, 0.717) is 22.8 Å².